The quantitative estimate of drug-likeness (QED) is 0.779. The minimum atomic E-state index is -0.951. The van der Waals surface area contributed by atoms with Crippen LogP contribution in [-0.4, -0.2) is 41.6 Å². The third-order valence-corrected chi connectivity index (χ3v) is 4.01. The zero-order valence-corrected chi connectivity index (χ0v) is 12.0. The van der Waals surface area contributed by atoms with Crippen LogP contribution in [0.4, 0.5) is 4.79 Å². The molecule has 5 heteroatoms. The van der Waals surface area contributed by atoms with Crippen LogP contribution in [0.3, 0.4) is 0 Å². The summed E-state index contributed by atoms with van der Waals surface area (Å²) >= 11 is 0. The van der Waals surface area contributed by atoms with Gasteiger partial charge in [0.2, 0.25) is 0 Å². The zero-order valence-electron chi connectivity index (χ0n) is 12.0. The topological polar surface area (TPSA) is 69.6 Å². The molecule has 110 valence electrons. The van der Waals surface area contributed by atoms with Gasteiger partial charge < -0.3 is 15.3 Å². The van der Waals surface area contributed by atoms with Crippen molar-refractivity contribution >= 4 is 12.0 Å². The Morgan fingerprint density at radius 1 is 1.32 bits per heavy atom. The first kappa shape index (κ1) is 15.8. The van der Waals surface area contributed by atoms with Crippen LogP contribution in [0.5, 0.6) is 0 Å². The fraction of sp³-hybridized carbons (Fsp3) is 0.857. The maximum Gasteiger partial charge on any atom is 0.326 e. The molecule has 0 aromatic rings. The molecule has 19 heavy (non-hydrogen) atoms. The summed E-state index contributed by atoms with van der Waals surface area (Å²) in [6.07, 6.45) is 7.88. The molecule has 2 amide bonds. The van der Waals surface area contributed by atoms with Crippen LogP contribution < -0.4 is 5.32 Å². The molecule has 1 aliphatic rings. The number of urea groups is 1. The molecule has 1 rings (SSSR count). The molecule has 2 N–H and O–H groups in total. The van der Waals surface area contributed by atoms with E-state index in [9.17, 15) is 9.59 Å². The normalized spacial score (nSPS) is 17.8. The first-order valence-electron chi connectivity index (χ1n) is 7.29. The van der Waals surface area contributed by atoms with E-state index in [1.165, 1.54) is 44.1 Å². The van der Waals surface area contributed by atoms with Gasteiger partial charge in [0, 0.05) is 13.6 Å². The molecule has 0 aromatic carbocycles. The van der Waals surface area contributed by atoms with Gasteiger partial charge >= 0.3 is 12.0 Å². The lowest BCUT2D eigenvalue weighted by Gasteiger charge is -2.25. The van der Waals surface area contributed by atoms with E-state index < -0.39 is 12.0 Å². The van der Waals surface area contributed by atoms with Crippen molar-refractivity contribution in [1.29, 1.82) is 0 Å². The Morgan fingerprint density at radius 2 is 1.95 bits per heavy atom. The second-order valence-electron chi connectivity index (χ2n) is 5.40. The van der Waals surface area contributed by atoms with E-state index in [-0.39, 0.29) is 6.03 Å². The minimum Gasteiger partial charge on any atom is -0.480 e. The molecule has 1 saturated carbocycles. The standard InChI is InChI=1S/C14H26N2O3/c1-3-12(13(17)18)16(2)14(19)15-10-9-11-7-5-4-6-8-11/h11-12H,3-10H2,1-2H3,(H,15,19)(H,17,18). The van der Waals surface area contributed by atoms with Crippen molar-refractivity contribution in [2.75, 3.05) is 13.6 Å². The van der Waals surface area contributed by atoms with E-state index in [4.69, 9.17) is 5.11 Å². The third-order valence-electron chi connectivity index (χ3n) is 4.01. The molecule has 1 unspecified atom stereocenters. The van der Waals surface area contributed by atoms with Crippen molar-refractivity contribution in [3.05, 3.63) is 0 Å². The fourth-order valence-electron chi connectivity index (χ4n) is 2.74. The van der Waals surface area contributed by atoms with E-state index in [0.717, 1.165) is 12.3 Å². The van der Waals surface area contributed by atoms with Gasteiger partial charge in [-0.3, -0.25) is 0 Å². The van der Waals surface area contributed by atoms with Crippen molar-refractivity contribution in [3.63, 3.8) is 0 Å². The van der Waals surface area contributed by atoms with E-state index >= 15 is 0 Å². The third kappa shape index (κ3) is 5.09. The molecule has 0 aliphatic heterocycles. The van der Waals surface area contributed by atoms with Gasteiger partial charge in [0.1, 0.15) is 6.04 Å². The van der Waals surface area contributed by atoms with E-state index in [2.05, 4.69) is 5.32 Å². The SMILES string of the molecule is CCC(C(=O)O)N(C)C(=O)NCCC1CCCCC1. The van der Waals surface area contributed by atoms with Crippen LogP contribution in [0.15, 0.2) is 0 Å². The molecule has 0 radical (unpaired) electrons. The second kappa shape index (κ2) is 8.02. The number of carboxylic acids is 1. The summed E-state index contributed by atoms with van der Waals surface area (Å²) in [6.45, 7) is 2.41. The highest BCUT2D eigenvalue weighted by Gasteiger charge is 2.24. The van der Waals surface area contributed by atoms with Gasteiger partial charge in [-0.2, -0.15) is 0 Å². The van der Waals surface area contributed by atoms with Crippen LogP contribution in [0, 0.1) is 5.92 Å². The predicted octanol–water partition coefficient (Wildman–Crippen LogP) is 2.46. The summed E-state index contributed by atoms with van der Waals surface area (Å²) in [5.74, 6) is -0.228. The lowest BCUT2D eigenvalue weighted by Crippen LogP contribution is -2.47. The number of nitrogens with one attached hydrogen (secondary N) is 1. The van der Waals surface area contributed by atoms with Crippen molar-refractivity contribution in [2.45, 2.75) is 57.9 Å². The maximum atomic E-state index is 11.8. The smallest absolute Gasteiger partial charge is 0.326 e. The number of amides is 2. The van der Waals surface area contributed by atoms with Crippen molar-refractivity contribution in [2.24, 2.45) is 5.92 Å². The van der Waals surface area contributed by atoms with Crippen LogP contribution in [0.2, 0.25) is 0 Å². The Bertz CT molecular complexity index is 301. The van der Waals surface area contributed by atoms with Gasteiger partial charge in [-0.1, -0.05) is 39.0 Å². The number of carbonyl (C=O) groups excluding carboxylic acids is 1. The van der Waals surface area contributed by atoms with Crippen LogP contribution in [0.25, 0.3) is 0 Å². The van der Waals surface area contributed by atoms with Gasteiger partial charge in [-0.15, -0.1) is 0 Å². The summed E-state index contributed by atoms with van der Waals surface area (Å²) in [4.78, 5) is 24.1. The molecule has 1 aliphatic carbocycles. The van der Waals surface area contributed by atoms with Crippen molar-refractivity contribution in [3.8, 4) is 0 Å². The molecule has 0 spiro atoms. The Balaban J connectivity index is 2.27. The first-order valence-corrected chi connectivity index (χ1v) is 7.29. The maximum absolute atomic E-state index is 11.8. The van der Waals surface area contributed by atoms with E-state index in [1.54, 1.807) is 6.92 Å². The Labute approximate surface area is 115 Å². The number of likely N-dealkylation sites (N-methyl/N-ethyl adjacent to an activating group) is 1. The summed E-state index contributed by atoms with van der Waals surface area (Å²) in [5, 5.41) is 11.8. The predicted molar refractivity (Wildman–Crippen MR) is 74.1 cm³/mol. The van der Waals surface area contributed by atoms with Crippen molar-refractivity contribution in [1.82, 2.24) is 10.2 Å². The molecule has 0 saturated heterocycles. The number of hydrogen-bond donors (Lipinski definition) is 2. The highest BCUT2D eigenvalue weighted by molar-refractivity contribution is 5.82. The average Bonchev–Trinajstić information content (AvgIpc) is 2.40. The molecule has 0 aromatic heterocycles. The summed E-state index contributed by atoms with van der Waals surface area (Å²) in [7, 11) is 1.54. The highest BCUT2D eigenvalue weighted by Crippen LogP contribution is 2.25. The van der Waals surface area contributed by atoms with E-state index in [0.29, 0.717) is 13.0 Å². The molecule has 0 bridgehead atoms. The van der Waals surface area contributed by atoms with Crippen LogP contribution in [0.1, 0.15) is 51.9 Å². The Morgan fingerprint density at radius 3 is 2.47 bits per heavy atom. The zero-order chi connectivity index (χ0) is 14.3. The summed E-state index contributed by atoms with van der Waals surface area (Å²) < 4.78 is 0. The van der Waals surface area contributed by atoms with Crippen LogP contribution >= 0.6 is 0 Å². The monoisotopic (exact) mass is 270 g/mol. The van der Waals surface area contributed by atoms with E-state index in [1.807, 2.05) is 0 Å². The van der Waals surface area contributed by atoms with Gasteiger partial charge in [-0.25, -0.2) is 9.59 Å². The van der Waals surface area contributed by atoms with Gasteiger partial charge in [0.25, 0.3) is 0 Å². The fourth-order valence-corrected chi connectivity index (χ4v) is 2.74. The number of aliphatic carboxylic acids is 1. The number of carboxylic acid groups (broad SMARTS) is 1. The number of rotatable bonds is 6. The number of nitrogens with zero attached hydrogens (tertiary/aromatic N) is 1. The lowest BCUT2D eigenvalue weighted by atomic mass is 9.87. The molecule has 1 atom stereocenters. The van der Waals surface area contributed by atoms with Gasteiger partial charge in [0.05, 0.1) is 0 Å². The first-order chi connectivity index (χ1) is 9.06. The molecule has 5 nitrogen and oxygen atoms in total. The Hall–Kier alpha value is -1.26. The van der Waals surface area contributed by atoms with Gasteiger partial charge in [0.15, 0.2) is 0 Å². The molecular weight excluding hydrogens is 244 g/mol. The van der Waals surface area contributed by atoms with Crippen LogP contribution in [-0.2, 0) is 4.79 Å². The molecule has 1 fully saturated rings. The van der Waals surface area contributed by atoms with Gasteiger partial charge in [-0.05, 0) is 18.8 Å². The summed E-state index contributed by atoms with van der Waals surface area (Å²) in [6, 6.07) is -1.03. The number of hydrogen-bond acceptors (Lipinski definition) is 2. The lowest BCUT2D eigenvalue weighted by molar-refractivity contribution is -0.141. The summed E-state index contributed by atoms with van der Waals surface area (Å²) in [5.41, 5.74) is 0. The highest BCUT2D eigenvalue weighted by atomic mass is 16.4. The Kier molecular flexibility index (Phi) is 6.67. The average molecular weight is 270 g/mol. The molecule has 0 heterocycles. The second-order valence-corrected chi connectivity index (χ2v) is 5.40. The number of carbonyl (C=O) groups is 2. The minimum absolute atomic E-state index is 0.287. The molecular formula is C14H26N2O3. The largest absolute Gasteiger partial charge is 0.480 e. The van der Waals surface area contributed by atoms with Crippen molar-refractivity contribution < 1.29 is 14.7 Å².